The second-order valence-electron chi connectivity index (χ2n) is 6.72. The fourth-order valence-corrected chi connectivity index (χ4v) is 4.06. The highest BCUT2D eigenvalue weighted by Crippen LogP contribution is 2.62. The van der Waals surface area contributed by atoms with Crippen molar-refractivity contribution in [1.29, 1.82) is 0 Å². The van der Waals surface area contributed by atoms with E-state index in [2.05, 4.69) is 32.9 Å². The molecule has 2 aliphatic rings. The third-order valence-electron chi connectivity index (χ3n) is 5.50. The van der Waals surface area contributed by atoms with E-state index in [0.717, 1.165) is 30.1 Å². The van der Waals surface area contributed by atoms with Crippen LogP contribution in [0.2, 0.25) is 0 Å². The Kier molecular flexibility index (Phi) is 3.02. The molecular formula is C17H24O3. The molecule has 2 atom stereocenters. The van der Waals surface area contributed by atoms with Crippen LogP contribution in [-0.2, 0) is 10.2 Å². The van der Waals surface area contributed by atoms with E-state index in [1.807, 2.05) is 0 Å². The second kappa shape index (κ2) is 4.39. The predicted molar refractivity (Wildman–Crippen MR) is 78.7 cm³/mol. The number of methoxy groups -OCH3 is 2. The van der Waals surface area contributed by atoms with E-state index in [9.17, 15) is 0 Å². The summed E-state index contributed by atoms with van der Waals surface area (Å²) in [6.07, 6.45) is 2.64. The molecule has 0 spiro atoms. The molecule has 2 fully saturated rings. The lowest BCUT2D eigenvalue weighted by atomic mass is 9.60. The Labute approximate surface area is 121 Å². The standard InChI is InChI=1S/C17H24O3/c1-11-8-14(19-5)12(9-13(11)18-4)17-10-20-15(17)6-7-16(17,2)3/h8-9,15H,6-7,10H2,1-5H3/t15-,17+/m1/s1. The molecule has 20 heavy (non-hydrogen) atoms. The molecule has 3 heteroatoms. The Morgan fingerprint density at radius 1 is 1.15 bits per heavy atom. The molecule has 1 aromatic carbocycles. The van der Waals surface area contributed by atoms with E-state index in [1.54, 1.807) is 14.2 Å². The summed E-state index contributed by atoms with van der Waals surface area (Å²) in [5, 5.41) is 0. The maximum atomic E-state index is 5.85. The lowest BCUT2D eigenvalue weighted by Crippen LogP contribution is -2.58. The maximum absolute atomic E-state index is 5.85. The van der Waals surface area contributed by atoms with Crippen molar-refractivity contribution in [2.45, 2.75) is 45.1 Å². The van der Waals surface area contributed by atoms with Crippen LogP contribution < -0.4 is 9.47 Å². The van der Waals surface area contributed by atoms with Gasteiger partial charge in [-0.05, 0) is 42.9 Å². The van der Waals surface area contributed by atoms with Gasteiger partial charge in [0.1, 0.15) is 11.5 Å². The number of hydrogen-bond acceptors (Lipinski definition) is 3. The number of rotatable bonds is 3. The van der Waals surface area contributed by atoms with Gasteiger partial charge in [-0.3, -0.25) is 0 Å². The summed E-state index contributed by atoms with van der Waals surface area (Å²) in [4.78, 5) is 0. The highest BCUT2D eigenvalue weighted by atomic mass is 16.5. The summed E-state index contributed by atoms with van der Waals surface area (Å²) in [6, 6.07) is 4.25. The van der Waals surface area contributed by atoms with Crippen molar-refractivity contribution in [1.82, 2.24) is 0 Å². The molecular weight excluding hydrogens is 252 g/mol. The smallest absolute Gasteiger partial charge is 0.123 e. The van der Waals surface area contributed by atoms with Crippen LogP contribution in [0.25, 0.3) is 0 Å². The minimum atomic E-state index is 0.0688. The first kappa shape index (κ1) is 13.7. The molecule has 1 heterocycles. The summed E-state index contributed by atoms with van der Waals surface area (Å²) in [5.41, 5.74) is 2.65. The fourth-order valence-electron chi connectivity index (χ4n) is 4.06. The molecule has 1 aliphatic heterocycles. The van der Waals surface area contributed by atoms with Gasteiger partial charge in [0.2, 0.25) is 0 Å². The Morgan fingerprint density at radius 3 is 2.35 bits per heavy atom. The van der Waals surface area contributed by atoms with Gasteiger partial charge < -0.3 is 14.2 Å². The monoisotopic (exact) mass is 276 g/mol. The van der Waals surface area contributed by atoms with Crippen molar-refractivity contribution in [2.24, 2.45) is 5.41 Å². The summed E-state index contributed by atoms with van der Waals surface area (Å²) < 4.78 is 17.0. The van der Waals surface area contributed by atoms with Gasteiger partial charge in [0.15, 0.2) is 0 Å². The van der Waals surface area contributed by atoms with Gasteiger partial charge in [0, 0.05) is 5.56 Å². The van der Waals surface area contributed by atoms with Gasteiger partial charge in [-0.25, -0.2) is 0 Å². The molecule has 0 radical (unpaired) electrons. The van der Waals surface area contributed by atoms with Gasteiger partial charge in [-0.1, -0.05) is 13.8 Å². The quantitative estimate of drug-likeness (QED) is 0.846. The molecule has 3 rings (SSSR count). The first-order valence-corrected chi connectivity index (χ1v) is 7.31. The second-order valence-corrected chi connectivity index (χ2v) is 6.72. The normalized spacial score (nSPS) is 30.6. The first-order valence-electron chi connectivity index (χ1n) is 7.31. The van der Waals surface area contributed by atoms with E-state index in [-0.39, 0.29) is 10.8 Å². The van der Waals surface area contributed by atoms with Crippen LogP contribution in [0.15, 0.2) is 12.1 Å². The lowest BCUT2D eigenvalue weighted by molar-refractivity contribution is -0.152. The topological polar surface area (TPSA) is 27.7 Å². The van der Waals surface area contributed by atoms with Crippen LogP contribution >= 0.6 is 0 Å². The summed E-state index contributed by atoms with van der Waals surface area (Å²) in [7, 11) is 3.47. The first-order chi connectivity index (χ1) is 9.46. The molecule has 1 saturated heterocycles. The molecule has 1 aromatic rings. The molecule has 0 N–H and O–H groups in total. The molecule has 0 amide bonds. The minimum Gasteiger partial charge on any atom is -0.496 e. The molecule has 0 unspecified atom stereocenters. The van der Waals surface area contributed by atoms with Crippen LogP contribution in [0.3, 0.4) is 0 Å². The summed E-state index contributed by atoms with van der Waals surface area (Å²) in [6.45, 7) is 7.53. The number of hydrogen-bond donors (Lipinski definition) is 0. The van der Waals surface area contributed by atoms with Crippen molar-refractivity contribution in [3.05, 3.63) is 23.3 Å². The zero-order valence-electron chi connectivity index (χ0n) is 13.1. The Morgan fingerprint density at radius 2 is 1.85 bits per heavy atom. The van der Waals surface area contributed by atoms with Crippen molar-refractivity contribution in [3.8, 4) is 11.5 Å². The predicted octanol–water partition coefficient (Wildman–Crippen LogP) is 3.47. The largest absolute Gasteiger partial charge is 0.496 e. The van der Waals surface area contributed by atoms with Crippen LogP contribution in [0.1, 0.15) is 37.8 Å². The van der Waals surface area contributed by atoms with Gasteiger partial charge >= 0.3 is 0 Å². The zero-order valence-corrected chi connectivity index (χ0v) is 13.1. The Bertz CT molecular complexity index is 535. The number of aryl methyl sites for hydroxylation is 1. The third-order valence-corrected chi connectivity index (χ3v) is 5.50. The van der Waals surface area contributed by atoms with Crippen LogP contribution in [0.5, 0.6) is 11.5 Å². The minimum absolute atomic E-state index is 0.0688. The molecule has 0 bridgehead atoms. The zero-order chi connectivity index (χ0) is 14.5. The third kappa shape index (κ3) is 1.56. The SMILES string of the molecule is COc1cc([C@@]23CO[C@@H]2CCC3(C)C)c(OC)cc1C. The lowest BCUT2D eigenvalue weighted by Gasteiger charge is -2.53. The van der Waals surface area contributed by atoms with Crippen molar-refractivity contribution < 1.29 is 14.2 Å². The van der Waals surface area contributed by atoms with Crippen molar-refractivity contribution in [2.75, 3.05) is 20.8 Å². The van der Waals surface area contributed by atoms with Crippen LogP contribution in [0, 0.1) is 12.3 Å². The summed E-state index contributed by atoms with van der Waals surface area (Å²) in [5.74, 6) is 1.90. The number of fused-ring (bicyclic) bond motifs is 1. The van der Waals surface area contributed by atoms with E-state index >= 15 is 0 Å². The molecule has 1 saturated carbocycles. The summed E-state index contributed by atoms with van der Waals surface area (Å²) >= 11 is 0. The van der Waals surface area contributed by atoms with Crippen molar-refractivity contribution in [3.63, 3.8) is 0 Å². The Hall–Kier alpha value is -1.22. The van der Waals surface area contributed by atoms with Gasteiger partial charge in [-0.15, -0.1) is 0 Å². The van der Waals surface area contributed by atoms with Crippen LogP contribution in [-0.4, -0.2) is 26.9 Å². The van der Waals surface area contributed by atoms with Crippen molar-refractivity contribution >= 4 is 0 Å². The van der Waals surface area contributed by atoms with Gasteiger partial charge in [0.05, 0.1) is 32.3 Å². The van der Waals surface area contributed by atoms with E-state index in [1.165, 1.54) is 12.0 Å². The molecule has 0 aromatic heterocycles. The highest BCUT2D eigenvalue weighted by molar-refractivity contribution is 5.52. The average molecular weight is 276 g/mol. The Balaban J connectivity index is 2.18. The van der Waals surface area contributed by atoms with Gasteiger partial charge in [-0.2, -0.15) is 0 Å². The van der Waals surface area contributed by atoms with Crippen LogP contribution in [0.4, 0.5) is 0 Å². The maximum Gasteiger partial charge on any atom is 0.123 e. The number of ether oxygens (including phenoxy) is 3. The van der Waals surface area contributed by atoms with E-state index in [4.69, 9.17) is 14.2 Å². The fraction of sp³-hybridized carbons (Fsp3) is 0.647. The average Bonchev–Trinajstić information content (AvgIpc) is 2.55. The van der Waals surface area contributed by atoms with Gasteiger partial charge in [0.25, 0.3) is 0 Å². The van der Waals surface area contributed by atoms with E-state index < -0.39 is 0 Å². The molecule has 110 valence electrons. The highest BCUT2D eigenvalue weighted by Gasteiger charge is 2.63. The molecule has 3 nitrogen and oxygen atoms in total. The number of benzene rings is 1. The van der Waals surface area contributed by atoms with E-state index in [0.29, 0.717) is 6.10 Å². The molecule has 1 aliphatic carbocycles.